The second kappa shape index (κ2) is 11.0. The number of allylic oxidation sites excluding steroid dienone is 9. The molecule has 0 rings (SSSR count). The van der Waals surface area contributed by atoms with E-state index in [4.69, 9.17) is 0 Å². The fraction of sp³-hybridized carbons (Fsp3) is 0.353. The Kier molecular flexibility index (Phi) is 10.00. The maximum atomic E-state index is 3.17. The zero-order valence-electron chi connectivity index (χ0n) is 11.5. The van der Waals surface area contributed by atoms with E-state index in [0.717, 1.165) is 12.8 Å². The van der Waals surface area contributed by atoms with Crippen molar-refractivity contribution in [2.45, 2.75) is 40.5 Å². The monoisotopic (exact) mass is 228 g/mol. The number of hydrogen-bond donors (Lipinski definition) is 0. The van der Waals surface area contributed by atoms with Crippen LogP contribution in [-0.2, 0) is 0 Å². The molecule has 0 amide bonds. The normalized spacial score (nSPS) is 11.1. The van der Waals surface area contributed by atoms with Crippen LogP contribution in [0.4, 0.5) is 0 Å². The van der Waals surface area contributed by atoms with Crippen molar-refractivity contribution in [3.8, 4) is 0 Å². The smallest absolute Gasteiger partial charge is 0.0165 e. The molecule has 0 radical (unpaired) electrons. The Morgan fingerprint density at radius 2 is 1.59 bits per heavy atom. The highest BCUT2D eigenvalue weighted by atomic mass is 14.0. The molecule has 0 unspecified atom stereocenters. The molecule has 0 aromatic carbocycles. The predicted molar refractivity (Wildman–Crippen MR) is 79.0 cm³/mol. The molecule has 0 N–H and O–H groups in total. The molecule has 0 atom stereocenters. The predicted octanol–water partition coefficient (Wildman–Crippen LogP) is 5.52. The molecule has 0 aliphatic carbocycles. The summed E-state index contributed by atoms with van der Waals surface area (Å²) in [5, 5.41) is 0. The van der Waals surface area contributed by atoms with E-state index in [1.807, 2.05) is 26.8 Å². The van der Waals surface area contributed by atoms with E-state index in [2.05, 4.69) is 55.2 Å². The van der Waals surface area contributed by atoms with Gasteiger partial charge in [0, 0.05) is 0 Å². The summed E-state index contributed by atoms with van der Waals surface area (Å²) in [6, 6.07) is 0. The Morgan fingerprint density at radius 3 is 2.06 bits per heavy atom. The molecule has 0 nitrogen and oxygen atoms in total. The lowest BCUT2D eigenvalue weighted by molar-refractivity contribution is 0.997. The van der Waals surface area contributed by atoms with E-state index in [9.17, 15) is 0 Å². The summed E-state index contributed by atoms with van der Waals surface area (Å²) in [4.78, 5) is 0. The van der Waals surface area contributed by atoms with Crippen molar-refractivity contribution in [1.82, 2.24) is 0 Å². The number of hydrogen-bond acceptors (Lipinski definition) is 0. The van der Waals surface area contributed by atoms with Gasteiger partial charge in [-0.1, -0.05) is 36.5 Å². The van der Waals surface area contributed by atoms with Gasteiger partial charge >= 0.3 is 0 Å². The molecule has 0 heteroatoms. The molecule has 0 aliphatic heterocycles. The largest absolute Gasteiger partial charge is 0.125 e. The number of rotatable bonds is 6. The van der Waals surface area contributed by atoms with Crippen molar-refractivity contribution < 1.29 is 0 Å². The minimum Gasteiger partial charge on any atom is -0.125 e. The van der Waals surface area contributed by atoms with Gasteiger partial charge in [0.15, 0.2) is 0 Å². The van der Waals surface area contributed by atoms with Crippen LogP contribution in [0.15, 0.2) is 65.5 Å². The molecule has 0 heterocycles. The molecular formula is C17H24. The zero-order chi connectivity index (χ0) is 12.9. The van der Waals surface area contributed by atoms with Gasteiger partial charge in [0.2, 0.25) is 0 Å². The first kappa shape index (κ1) is 15.5. The van der Waals surface area contributed by atoms with Crippen LogP contribution in [0.3, 0.4) is 0 Å². The molecule has 0 aliphatic rings. The van der Waals surface area contributed by atoms with Crippen LogP contribution in [0.2, 0.25) is 0 Å². The van der Waals surface area contributed by atoms with Gasteiger partial charge < -0.3 is 0 Å². The van der Waals surface area contributed by atoms with E-state index < -0.39 is 0 Å². The molecular weight excluding hydrogens is 204 g/mol. The lowest BCUT2D eigenvalue weighted by atomic mass is 10.0. The van der Waals surface area contributed by atoms with E-state index in [-0.39, 0.29) is 0 Å². The van der Waals surface area contributed by atoms with Gasteiger partial charge in [-0.2, -0.15) is 0 Å². The highest BCUT2D eigenvalue weighted by Crippen LogP contribution is 2.16. The van der Waals surface area contributed by atoms with E-state index >= 15 is 0 Å². The Bertz CT molecular complexity index is 353. The van der Waals surface area contributed by atoms with Crippen LogP contribution in [0.5, 0.6) is 0 Å². The van der Waals surface area contributed by atoms with Gasteiger partial charge in [-0.3, -0.25) is 0 Å². The average Bonchev–Trinajstić information content (AvgIpc) is 2.33. The average molecular weight is 228 g/mol. The van der Waals surface area contributed by atoms with E-state index in [0.29, 0.717) is 0 Å². The Labute approximate surface area is 106 Å². The molecule has 0 saturated heterocycles. The quantitative estimate of drug-likeness (QED) is 0.319. The molecule has 0 aromatic rings. The highest BCUT2D eigenvalue weighted by Gasteiger charge is 1.97. The fourth-order valence-electron chi connectivity index (χ4n) is 1.52. The third-order valence-corrected chi connectivity index (χ3v) is 2.30. The van der Waals surface area contributed by atoms with Crippen LogP contribution in [0.25, 0.3) is 0 Å². The molecule has 0 fully saturated rings. The third-order valence-electron chi connectivity index (χ3n) is 2.30. The van der Waals surface area contributed by atoms with Gasteiger partial charge in [-0.15, -0.1) is 5.73 Å². The van der Waals surface area contributed by atoms with Crippen molar-refractivity contribution in [3.63, 3.8) is 0 Å². The van der Waals surface area contributed by atoms with Crippen molar-refractivity contribution in [3.05, 3.63) is 65.5 Å². The summed E-state index contributed by atoms with van der Waals surface area (Å²) in [7, 11) is 0. The molecule has 0 saturated carbocycles. The Hall–Kier alpha value is -1.52. The Balaban J connectivity index is 5.19. The topological polar surface area (TPSA) is 0 Å². The zero-order valence-corrected chi connectivity index (χ0v) is 11.5. The lowest BCUT2D eigenvalue weighted by Crippen LogP contribution is -1.84. The molecule has 17 heavy (non-hydrogen) atoms. The summed E-state index contributed by atoms with van der Waals surface area (Å²) >= 11 is 0. The van der Waals surface area contributed by atoms with Crippen LogP contribution in [0.1, 0.15) is 40.5 Å². The first-order chi connectivity index (χ1) is 8.29. The van der Waals surface area contributed by atoms with Crippen LogP contribution >= 0.6 is 0 Å². The SMILES string of the molecule is CC=C=CC(CCC=CC)=C(C=CC)C=CC. The summed E-state index contributed by atoms with van der Waals surface area (Å²) in [6.45, 7) is 8.15. The third kappa shape index (κ3) is 7.38. The van der Waals surface area contributed by atoms with Gasteiger partial charge in [0.25, 0.3) is 0 Å². The van der Waals surface area contributed by atoms with Gasteiger partial charge in [0.1, 0.15) is 0 Å². The lowest BCUT2D eigenvalue weighted by Gasteiger charge is -2.03. The summed E-state index contributed by atoms with van der Waals surface area (Å²) in [5.41, 5.74) is 5.78. The van der Waals surface area contributed by atoms with Gasteiger partial charge in [-0.25, -0.2) is 0 Å². The fourth-order valence-corrected chi connectivity index (χ4v) is 1.52. The maximum absolute atomic E-state index is 3.17. The summed E-state index contributed by atoms with van der Waals surface area (Å²) < 4.78 is 0. The Morgan fingerprint density at radius 1 is 0.941 bits per heavy atom. The van der Waals surface area contributed by atoms with Crippen LogP contribution < -0.4 is 0 Å². The van der Waals surface area contributed by atoms with Crippen molar-refractivity contribution in [1.29, 1.82) is 0 Å². The minimum absolute atomic E-state index is 1.05. The molecule has 0 aromatic heterocycles. The molecule has 0 spiro atoms. The standard InChI is InChI=1S/C17H24/c1-5-9-11-15-17(14-10-6-2)16(12-7-3)13-8-4/h5-9,12-14H,11,15H2,1-4H3. The van der Waals surface area contributed by atoms with Crippen molar-refractivity contribution >= 4 is 0 Å². The van der Waals surface area contributed by atoms with Crippen LogP contribution in [-0.4, -0.2) is 0 Å². The highest BCUT2D eigenvalue weighted by molar-refractivity contribution is 5.40. The van der Waals surface area contributed by atoms with E-state index in [1.165, 1.54) is 11.1 Å². The van der Waals surface area contributed by atoms with Gasteiger partial charge in [0.05, 0.1) is 0 Å². The molecule has 92 valence electrons. The van der Waals surface area contributed by atoms with Gasteiger partial charge in [-0.05, 0) is 63.8 Å². The second-order valence-corrected chi connectivity index (χ2v) is 3.69. The van der Waals surface area contributed by atoms with Crippen molar-refractivity contribution in [2.24, 2.45) is 0 Å². The van der Waals surface area contributed by atoms with Crippen molar-refractivity contribution in [2.75, 3.05) is 0 Å². The van der Waals surface area contributed by atoms with E-state index in [1.54, 1.807) is 0 Å². The van der Waals surface area contributed by atoms with Crippen LogP contribution in [0, 0.1) is 0 Å². The minimum atomic E-state index is 1.05. The summed E-state index contributed by atoms with van der Waals surface area (Å²) in [5.74, 6) is 0. The molecule has 0 bridgehead atoms. The second-order valence-electron chi connectivity index (χ2n) is 3.69. The maximum Gasteiger partial charge on any atom is -0.0165 e. The first-order valence-electron chi connectivity index (χ1n) is 6.26. The first-order valence-corrected chi connectivity index (χ1v) is 6.26. The summed E-state index contributed by atoms with van der Waals surface area (Å²) in [6.07, 6.45) is 18.9.